The normalized spacial score (nSPS) is 14.6. The van der Waals surface area contributed by atoms with Gasteiger partial charge in [0.25, 0.3) is 0 Å². The highest BCUT2D eigenvalue weighted by atomic mass is 16.5. The Labute approximate surface area is 200 Å². The van der Waals surface area contributed by atoms with Crippen molar-refractivity contribution in [2.24, 2.45) is 0 Å². The van der Waals surface area contributed by atoms with E-state index in [9.17, 15) is 4.79 Å². The molecule has 2 N–H and O–H groups in total. The second-order valence-corrected chi connectivity index (χ2v) is 8.42. The van der Waals surface area contributed by atoms with Gasteiger partial charge in [0.1, 0.15) is 5.75 Å². The maximum Gasteiger partial charge on any atom is 0.304 e. The molecule has 0 bridgehead atoms. The maximum absolute atomic E-state index is 10.7. The van der Waals surface area contributed by atoms with Crippen LogP contribution in [0.4, 0.5) is 11.6 Å². The summed E-state index contributed by atoms with van der Waals surface area (Å²) in [7, 11) is 1.65. The molecule has 8 heteroatoms. The highest BCUT2D eigenvalue weighted by molar-refractivity contribution is 5.67. The van der Waals surface area contributed by atoms with Gasteiger partial charge in [-0.3, -0.25) is 4.79 Å². The van der Waals surface area contributed by atoms with E-state index in [-0.39, 0.29) is 6.42 Å². The summed E-state index contributed by atoms with van der Waals surface area (Å²) in [5.74, 6) is 0.658. The fourth-order valence-corrected chi connectivity index (χ4v) is 3.99. The van der Waals surface area contributed by atoms with E-state index < -0.39 is 5.97 Å². The Morgan fingerprint density at radius 3 is 2.12 bits per heavy atom. The Bertz CT molecular complexity index is 1050. The van der Waals surface area contributed by atoms with Crippen LogP contribution in [0.5, 0.6) is 5.75 Å². The van der Waals surface area contributed by atoms with E-state index in [1.54, 1.807) is 7.11 Å². The second-order valence-electron chi connectivity index (χ2n) is 8.42. The van der Waals surface area contributed by atoms with Crippen LogP contribution in [0.15, 0.2) is 60.9 Å². The van der Waals surface area contributed by atoms with E-state index in [0.717, 1.165) is 61.7 Å². The predicted octanol–water partition coefficient (Wildman–Crippen LogP) is 3.53. The first-order valence-corrected chi connectivity index (χ1v) is 11.6. The van der Waals surface area contributed by atoms with Crippen molar-refractivity contribution in [3.63, 3.8) is 0 Å². The van der Waals surface area contributed by atoms with Gasteiger partial charge in [-0.25, -0.2) is 9.97 Å². The number of rotatable bonds is 10. The predicted molar refractivity (Wildman–Crippen MR) is 133 cm³/mol. The lowest BCUT2D eigenvalue weighted by molar-refractivity contribution is -0.137. The third-order valence-electron chi connectivity index (χ3n) is 6.11. The summed E-state index contributed by atoms with van der Waals surface area (Å²) >= 11 is 0. The smallest absolute Gasteiger partial charge is 0.304 e. The standard InChI is InChI=1S/C26H31N5O3/c1-34-24-8-4-21(5-9-24)22-18-27-26(28-19-22)29-23-6-2-20(3-7-23)10-12-30-14-16-31(17-15-30)13-11-25(32)33/h2-9,18-19H,10-17H2,1H3,(H,32,33)(H,27,28,29). The summed E-state index contributed by atoms with van der Waals surface area (Å²) < 4.78 is 5.20. The van der Waals surface area contributed by atoms with Gasteiger partial charge >= 0.3 is 5.97 Å². The summed E-state index contributed by atoms with van der Waals surface area (Å²) in [6.45, 7) is 5.51. The van der Waals surface area contributed by atoms with Crippen molar-refractivity contribution in [1.82, 2.24) is 19.8 Å². The van der Waals surface area contributed by atoms with Crippen molar-refractivity contribution in [2.75, 3.05) is 51.7 Å². The number of hydrogen-bond donors (Lipinski definition) is 2. The lowest BCUT2D eigenvalue weighted by Crippen LogP contribution is -2.47. The molecule has 1 fully saturated rings. The number of benzene rings is 2. The number of carbonyl (C=O) groups is 1. The summed E-state index contributed by atoms with van der Waals surface area (Å²) in [4.78, 5) is 24.3. The summed E-state index contributed by atoms with van der Waals surface area (Å²) in [6.07, 6.45) is 4.83. The molecule has 0 unspecified atom stereocenters. The molecule has 1 aliphatic heterocycles. The van der Waals surface area contributed by atoms with Crippen LogP contribution in [-0.2, 0) is 11.2 Å². The summed E-state index contributed by atoms with van der Waals surface area (Å²) in [5.41, 5.74) is 4.23. The monoisotopic (exact) mass is 461 g/mol. The number of hydrogen-bond acceptors (Lipinski definition) is 7. The van der Waals surface area contributed by atoms with Crippen molar-refractivity contribution in [3.05, 3.63) is 66.5 Å². The van der Waals surface area contributed by atoms with Crippen LogP contribution in [0.25, 0.3) is 11.1 Å². The Balaban J connectivity index is 1.23. The fraction of sp³-hybridized carbons (Fsp3) is 0.346. The fourth-order valence-electron chi connectivity index (χ4n) is 3.99. The van der Waals surface area contributed by atoms with Crippen LogP contribution in [0, 0.1) is 0 Å². The van der Waals surface area contributed by atoms with E-state index in [0.29, 0.717) is 12.5 Å². The minimum atomic E-state index is -0.725. The third-order valence-corrected chi connectivity index (χ3v) is 6.11. The van der Waals surface area contributed by atoms with Crippen LogP contribution in [0.3, 0.4) is 0 Å². The number of carboxylic acid groups (broad SMARTS) is 1. The molecular weight excluding hydrogens is 430 g/mol. The molecular formula is C26H31N5O3. The Morgan fingerprint density at radius 2 is 1.53 bits per heavy atom. The third kappa shape index (κ3) is 6.76. The number of methoxy groups -OCH3 is 1. The Kier molecular flexibility index (Phi) is 8.06. The van der Waals surface area contributed by atoms with Gasteiger partial charge in [-0.1, -0.05) is 24.3 Å². The molecule has 4 rings (SSSR count). The minimum Gasteiger partial charge on any atom is -0.497 e. The van der Waals surface area contributed by atoms with Crippen LogP contribution >= 0.6 is 0 Å². The van der Waals surface area contributed by atoms with Gasteiger partial charge in [0.2, 0.25) is 5.95 Å². The van der Waals surface area contributed by atoms with Crippen LogP contribution in [0.2, 0.25) is 0 Å². The lowest BCUT2D eigenvalue weighted by Gasteiger charge is -2.34. The average Bonchev–Trinajstić information content (AvgIpc) is 2.88. The van der Waals surface area contributed by atoms with E-state index >= 15 is 0 Å². The molecule has 0 atom stereocenters. The largest absolute Gasteiger partial charge is 0.497 e. The first-order chi connectivity index (χ1) is 16.6. The molecule has 1 aliphatic rings. The van der Waals surface area contributed by atoms with Crippen LogP contribution < -0.4 is 10.1 Å². The molecule has 0 aliphatic carbocycles. The number of ether oxygens (including phenoxy) is 1. The van der Waals surface area contributed by atoms with Gasteiger partial charge in [0, 0.05) is 62.9 Å². The van der Waals surface area contributed by atoms with Crippen molar-refractivity contribution in [2.45, 2.75) is 12.8 Å². The average molecular weight is 462 g/mol. The van der Waals surface area contributed by atoms with Crippen LogP contribution in [-0.4, -0.2) is 77.2 Å². The summed E-state index contributed by atoms with van der Waals surface area (Å²) in [6, 6.07) is 16.2. The van der Waals surface area contributed by atoms with Crippen molar-refractivity contribution >= 4 is 17.6 Å². The molecule has 8 nitrogen and oxygen atoms in total. The van der Waals surface area contributed by atoms with Gasteiger partial charge in [-0.05, 0) is 41.8 Å². The van der Waals surface area contributed by atoms with Crippen molar-refractivity contribution in [3.8, 4) is 16.9 Å². The van der Waals surface area contributed by atoms with Crippen LogP contribution in [0.1, 0.15) is 12.0 Å². The molecule has 178 valence electrons. The quantitative estimate of drug-likeness (QED) is 0.474. The number of aromatic nitrogens is 2. The topological polar surface area (TPSA) is 90.8 Å². The molecule has 0 radical (unpaired) electrons. The van der Waals surface area contributed by atoms with Gasteiger partial charge in [0.15, 0.2) is 0 Å². The Hall–Kier alpha value is -3.49. The zero-order valence-electron chi connectivity index (χ0n) is 19.5. The molecule has 0 amide bonds. The van der Waals surface area contributed by atoms with E-state index in [2.05, 4.69) is 49.4 Å². The SMILES string of the molecule is COc1ccc(-c2cnc(Nc3ccc(CCN4CCN(CCC(=O)O)CC4)cc3)nc2)cc1. The van der Waals surface area contributed by atoms with Gasteiger partial charge in [-0.15, -0.1) is 0 Å². The zero-order valence-corrected chi connectivity index (χ0v) is 19.5. The van der Waals surface area contributed by atoms with Crippen molar-refractivity contribution in [1.29, 1.82) is 0 Å². The highest BCUT2D eigenvalue weighted by Gasteiger charge is 2.17. The van der Waals surface area contributed by atoms with Gasteiger partial charge in [0.05, 0.1) is 13.5 Å². The highest BCUT2D eigenvalue weighted by Crippen LogP contribution is 2.22. The van der Waals surface area contributed by atoms with Gasteiger partial charge < -0.3 is 25.0 Å². The van der Waals surface area contributed by atoms with E-state index in [1.165, 1.54) is 5.56 Å². The minimum absolute atomic E-state index is 0.220. The van der Waals surface area contributed by atoms with E-state index in [1.807, 2.05) is 36.7 Å². The molecule has 3 aromatic rings. The lowest BCUT2D eigenvalue weighted by atomic mass is 10.1. The molecule has 2 heterocycles. The first kappa shape index (κ1) is 23.7. The Morgan fingerprint density at radius 1 is 0.912 bits per heavy atom. The molecule has 1 aromatic heterocycles. The molecule has 1 saturated heterocycles. The van der Waals surface area contributed by atoms with Gasteiger partial charge in [-0.2, -0.15) is 0 Å². The molecule has 2 aromatic carbocycles. The van der Waals surface area contributed by atoms with Crippen molar-refractivity contribution < 1.29 is 14.6 Å². The number of aliphatic carboxylic acids is 1. The number of carboxylic acids is 1. The second kappa shape index (κ2) is 11.6. The molecule has 0 spiro atoms. The van der Waals surface area contributed by atoms with E-state index in [4.69, 9.17) is 9.84 Å². The summed E-state index contributed by atoms with van der Waals surface area (Å²) in [5, 5.41) is 12.1. The number of piperazine rings is 1. The molecule has 34 heavy (non-hydrogen) atoms. The number of nitrogens with one attached hydrogen (secondary N) is 1. The first-order valence-electron chi connectivity index (χ1n) is 11.6. The number of anilines is 2. The zero-order chi connectivity index (χ0) is 23.8. The number of nitrogens with zero attached hydrogens (tertiary/aromatic N) is 4. The maximum atomic E-state index is 10.7. The molecule has 0 saturated carbocycles.